The van der Waals surface area contributed by atoms with Crippen molar-refractivity contribution in [2.75, 3.05) is 0 Å². The van der Waals surface area contributed by atoms with E-state index < -0.39 is 17.7 Å². The van der Waals surface area contributed by atoms with Crippen LogP contribution >= 0.6 is 0 Å². The first-order valence-electron chi connectivity index (χ1n) is 12.4. The van der Waals surface area contributed by atoms with Crippen LogP contribution < -0.4 is 5.32 Å². The van der Waals surface area contributed by atoms with Crippen LogP contribution in [0, 0.1) is 5.82 Å². The molecule has 2 N–H and O–H groups in total. The van der Waals surface area contributed by atoms with Crippen molar-refractivity contribution in [2.45, 2.75) is 108 Å². The highest BCUT2D eigenvalue weighted by atomic mass is 19.1. The Hall–Kier alpha value is -2.35. The second kappa shape index (κ2) is 9.87. The summed E-state index contributed by atoms with van der Waals surface area (Å²) < 4.78 is 13.4. The van der Waals surface area contributed by atoms with Crippen LogP contribution in [0.4, 0.5) is 14.0 Å². The van der Waals surface area contributed by atoms with Gasteiger partial charge < -0.3 is 10.2 Å². The van der Waals surface area contributed by atoms with Crippen molar-refractivity contribution >= 4 is 12.1 Å². The molecule has 8 heteroatoms. The maximum atomic E-state index is 13.7. The highest BCUT2D eigenvalue weighted by molar-refractivity contribution is 5.81. The minimum atomic E-state index is -0.846. The SMILES string of the molecule is CC1(C)[C@H](N(O)C(=O)NC2CCCCC2)N(C2CCCCC2)C(=O)N1Cc1ccc(F)cc1. The Morgan fingerprint density at radius 1 is 1.06 bits per heavy atom. The lowest BCUT2D eigenvalue weighted by Gasteiger charge is -2.41. The van der Waals surface area contributed by atoms with Crippen LogP contribution in [0.5, 0.6) is 0 Å². The number of nitrogens with one attached hydrogen (secondary N) is 1. The molecule has 33 heavy (non-hydrogen) atoms. The van der Waals surface area contributed by atoms with Gasteiger partial charge in [-0.3, -0.25) is 10.1 Å². The molecule has 3 fully saturated rings. The summed E-state index contributed by atoms with van der Waals surface area (Å²) in [6, 6.07) is 5.41. The minimum absolute atomic E-state index is 0.0223. The van der Waals surface area contributed by atoms with Crippen molar-refractivity contribution in [3.8, 4) is 0 Å². The molecule has 4 rings (SSSR count). The number of nitrogens with zero attached hydrogens (tertiary/aromatic N) is 3. The fraction of sp³-hybridized carbons (Fsp3) is 0.680. The summed E-state index contributed by atoms with van der Waals surface area (Å²) in [6.45, 7) is 4.06. The highest BCUT2D eigenvalue weighted by Gasteiger charge is 2.57. The van der Waals surface area contributed by atoms with Crippen molar-refractivity contribution in [2.24, 2.45) is 0 Å². The largest absolute Gasteiger partial charge is 0.343 e. The van der Waals surface area contributed by atoms with Gasteiger partial charge in [-0.2, -0.15) is 5.06 Å². The average Bonchev–Trinajstić information content (AvgIpc) is 3.01. The highest BCUT2D eigenvalue weighted by Crippen LogP contribution is 2.40. The molecule has 1 aromatic rings. The number of benzene rings is 1. The molecule has 0 spiro atoms. The first-order valence-corrected chi connectivity index (χ1v) is 12.4. The van der Waals surface area contributed by atoms with Gasteiger partial charge in [0.25, 0.3) is 0 Å². The summed E-state index contributed by atoms with van der Waals surface area (Å²) in [7, 11) is 0. The Bertz CT molecular complexity index is 835. The van der Waals surface area contributed by atoms with E-state index in [9.17, 15) is 19.2 Å². The summed E-state index contributed by atoms with van der Waals surface area (Å²) in [5.74, 6) is -0.326. The Kier molecular flexibility index (Phi) is 7.12. The number of halogens is 1. The molecule has 2 saturated carbocycles. The number of carbonyl (C=O) groups is 2. The van der Waals surface area contributed by atoms with E-state index in [2.05, 4.69) is 5.32 Å². The summed E-state index contributed by atoms with van der Waals surface area (Å²) in [6.07, 6.45) is 9.25. The number of hydroxylamine groups is 2. The van der Waals surface area contributed by atoms with Crippen molar-refractivity contribution < 1.29 is 19.2 Å². The predicted molar refractivity (Wildman–Crippen MR) is 123 cm³/mol. The second-order valence-electron chi connectivity index (χ2n) is 10.4. The maximum absolute atomic E-state index is 13.7. The third kappa shape index (κ3) is 4.95. The zero-order valence-corrected chi connectivity index (χ0v) is 19.8. The van der Waals surface area contributed by atoms with Gasteiger partial charge in [-0.25, -0.2) is 14.0 Å². The van der Waals surface area contributed by atoms with E-state index in [0.717, 1.165) is 68.4 Å². The van der Waals surface area contributed by atoms with Crippen LogP contribution in [0.15, 0.2) is 24.3 Å². The van der Waals surface area contributed by atoms with Gasteiger partial charge in [0.1, 0.15) is 5.82 Å². The predicted octanol–water partition coefficient (Wildman–Crippen LogP) is 5.23. The monoisotopic (exact) mass is 460 g/mol. The quantitative estimate of drug-likeness (QED) is 0.466. The molecule has 4 amide bonds. The molecule has 1 aromatic carbocycles. The van der Waals surface area contributed by atoms with Gasteiger partial charge in [-0.15, -0.1) is 0 Å². The minimum Gasteiger partial charge on any atom is -0.333 e. The third-order valence-corrected chi connectivity index (χ3v) is 7.64. The lowest BCUT2D eigenvalue weighted by molar-refractivity contribution is -0.141. The zero-order valence-electron chi connectivity index (χ0n) is 19.8. The number of carbonyl (C=O) groups excluding carboxylic acids is 2. The van der Waals surface area contributed by atoms with Crippen LogP contribution in [0.25, 0.3) is 0 Å². The molecule has 1 aliphatic heterocycles. The van der Waals surface area contributed by atoms with E-state index >= 15 is 0 Å². The summed E-state index contributed by atoms with van der Waals surface area (Å²) in [4.78, 5) is 30.2. The maximum Gasteiger partial charge on any atom is 0.343 e. The number of urea groups is 2. The summed E-state index contributed by atoms with van der Waals surface area (Å²) in [5, 5.41) is 14.9. The fourth-order valence-corrected chi connectivity index (χ4v) is 5.74. The van der Waals surface area contributed by atoms with Crippen LogP contribution in [-0.2, 0) is 6.54 Å². The molecule has 182 valence electrons. The Morgan fingerprint density at radius 3 is 2.24 bits per heavy atom. The molecular formula is C25H37FN4O3. The molecule has 0 radical (unpaired) electrons. The van der Waals surface area contributed by atoms with E-state index in [1.54, 1.807) is 21.9 Å². The van der Waals surface area contributed by atoms with E-state index in [0.29, 0.717) is 0 Å². The van der Waals surface area contributed by atoms with Crippen LogP contribution in [-0.4, -0.2) is 55.9 Å². The molecule has 0 unspecified atom stereocenters. The van der Waals surface area contributed by atoms with Gasteiger partial charge in [-0.05, 0) is 57.2 Å². The third-order valence-electron chi connectivity index (χ3n) is 7.64. The summed E-state index contributed by atoms with van der Waals surface area (Å²) >= 11 is 0. The van der Waals surface area contributed by atoms with Crippen LogP contribution in [0.1, 0.15) is 83.6 Å². The first-order chi connectivity index (χ1) is 15.8. The molecule has 2 aliphatic carbocycles. The smallest absolute Gasteiger partial charge is 0.333 e. The molecule has 1 atom stereocenters. The molecule has 7 nitrogen and oxygen atoms in total. The van der Waals surface area contributed by atoms with Gasteiger partial charge in [0.2, 0.25) is 0 Å². The molecule has 3 aliphatic rings. The number of hydrogen-bond acceptors (Lipinski definition) is 3. The Labute approximate surface area is 195 Å². The Morgan fingerprint density at radius 2 is 1.64 bits per heavy atom. The van der Waals surface area contributed by atoms with Crippen molar-refractivity contribution in [1.82, 2.24) is 20.2 Å². The van der Waals surface area contributed by atoms with Crippen molar-refractivity contribution in [3.63, 3.8) is 0 Å². The zero-order chi connectivity index (χ0) is 23.6. The van der Waals surface area contributed by atoms with Gasteiger partial charge in [0, 0.05) is 18.6 Å². The fourth-order valence-electron chi connectivity index (χ4n) is 5.74. The normalized spacial score (nSPS) is 24.2. The van der Waals surface area contributed by atoms with Gasteiger partial charge in [0.05, 0.1) is 5.54 Å². The standard InChI is InChI=1S/C25H37FN4O3/c1-25(2)22(30(33)23(31)27-20-9-5-3-6-10-20)29(21-11-7-4-8-12-21)24(32)28(25)17-18-13-15-19(26)16-14-18/h13-16,20-22,33H,3-12,17H2,1-2H3,(H,27,31)/t22-/m0/s1. The van der Waals surface area contributed by atoms with Crippen LogP contribution in [0.3, 0.4) is 0 Å². The first kappa shape index (κ1) is 23.8. The van der Waals surface area contributed by atoms with Crippen molar-refractivity contribution in [1.29, 1.82) is 0 Å². The lowest BCUT2D eigenvalue weighted by atomic mass is 9.92. The van der Waals surface area contributed by atoms with Gasteiger partial charge in [0.15, 0.2) is 6.17 Å². The molecule has 0 aromatic heterocycles. The molecular weight excluding hydrogens is 423 g/mol. The van der Waals surface area contributed by atoms with E-state index in [4.69, 9.17) is 0 Å². The number of rotatable bonds is 5. The summed E-state index contributed by atoms with van der Waals surface area (Å²) in [5.41, 5.74) is -0.0418. The van der Waals surface area contributed by atoms with Crippen molar-refractivity contribution in [3.05, 3.63) is 35.6 Å². The number of hydrogen-bond donors (Lipinski definition) is 2. The molecule has 1 saturated heterocycles. The molecule has 0 bridgehead atoms. The van der Waals surface area contributed by atoms with Gasteiger partial charge in [-0.1, -0.05) is 50.7 Å². The molecule has 1 heterocycles. The topological polar surface area (TPSA) is 76.1 Å². The van der Waals surface area contributed by atoms with Crippen LogP contribution in [0.2, 0.25) is 0 Å². The number of amides is 4. The Balaban J connectivity index is 1.59. The van der Waals surface area contributed by atoms with E-state index in [1.807, 2.05) is 13.8 Å². The lowest BCUT2D eigenvalue weighted by Crippen LogP contribution is -2.61. The average molecular weight is 461 g/mol. The van der Waals surface area contributed by atoms with E-state index in [1.165, 1.54) is 18.6 Å². The second-order valence-corrected chi connectivity index (χ2v) is 10.4. The van der Waals surface area contributed by atoms with E-state index in [-0.39, 0.29) is 30.5 Å². The van der Waals surface area contributed by atoms with Gasteiger partial charge >= 0.3 is 12.1 Å².